The van der Waals surface area contributed by atoms with E-state index in [4.69, 9.17) is 0 Å². The Balaban J connectivity index is 2.51. The van der Waals surface area contributed by atoms with Crippen LogP contribution in [0.5, 0.6) is 0 Å². The van der Waals surface area contributed by atoms with Crippen LogP contribution in [0.3, 0.4) is 0 Å². The molecule has 1 aromatic rings. The standard InChI is InChI=1S/C10H14N4S/c1-6(2)8-9-7(5-11-12-8)15-10(3,4)14-13-9/h5-6H,1-4H3. The zero-order valence-corrected chi connectivity index (χ0v) is 10.2. The highest BCUT2D eigenvalue weighted by Crippen LogP contribution is 2.45. The largest absolute Gasteiger partial charge is 0.171 e. The molecule has 0 aliphatic carbocycles. The summed E-state index contributed by atoms with van der Waals surface area (Å²) in [5, 5.41) is 16.7. The van der Waals surface area contributed by atoms with Gasteiger partial charge in [0.1, 0.15) is 10.6 Å². The summed E-state index contributed by atoms with van der Waals surface area (Å²) in [6.45, 7) is 8.26. The lowest BCUT2D eigenvalue weighted by Gasteiger charge is -2.23. The zero-order chi connectivity index (χ0) is 11.1. The minimum Gasteiger partial charge on any atom is -0.171 e. The van der Waals surface area contributed by atoms with Gasteiger partial charge in [-0.2, -0.15) is 20.4 Å². The number of thioether (sulfide) groups is 1. The molecule has 1 aromatic heterocycles. The molecule has 0 radical (unpaired) electrons. The molecule has 0 saturated heterocycles. The summed E-state index contributed by atoms with van der Waals surface area (Å²) in [6.07, 6.45) is 1.77. The monoisotopic (exact) mass is 222 g/mol. The Hall–Kier alpha value is -0.970. The van der Waals surface area contributed by atoms with Crippen LogP contribution in [0.4, 0.5) is 5.69 Å². The fraction of sp³-hybridized carbons (Fsp3) is 0.600. The van der Waals surface area contributed by atoms with Crippen molar-refractivity contribution in [3.8, 4) is 0 Å². The predicted octanol–water partition coefficient (Wildman–Crippen LogP) is 3.53. The van der Waals surface area contributed by atoms with Crippen molar-refractivity contribution in [3.63, 3.8) is 0 Å². The topological polar surface area (TPSA) is 50.5 Å². The Morgan fingerprint density at radius 3 is 2.73 bits per heavy atom. The van der Waals surface area contributed by atoms with Crippen molar-refractivity contribution in [2.45, 2.75) is 43.4 Å². The lowest BCUT2D eigenvalue weighted by Crippen LogP contribution is -2.13. The molecule has 0 bridgehead atoms. The Morgan fingerprint density at radius 2 is 2.07 bits per heavy atom. The molecule has 0 amide bonds. The molecule has 15 heavy (non-hydrogen) atoms. The average molecular weight is 222 g/mol. The number of nitrogens with zero attached hydrogens (tertiary/aromatic N) is 4. The second-order valence-electron chi connectivity index (χ2n) is 4.35. The molecule has 0 N–H and O–H groups in total. The molecule has 0 spiro atoms. The SMILES string of the molecule is CC(C)c1nncc2c1N=NC(C)(C)S2. The van der Waals surface area contributed by atoms with Gasteiger partial charge in [-0.3, -0.25) is 0 Å². The van der Waals surface area contributed by atoms with Gasteiger partial charge in [0.2, 0.25) is 0 Å². The van der Waals surface area contributed by atoms with Gasteiger partial charge >= 0.3 is 0 Å². The molecule has 0 fully saturated rings. The number of rotatable bonds is 1. The van der Waals surface area contributed by atoms with Crippen LogP contribution in [0.1, 0.15) is 39.3 Å². The van der Waals surface area contributed by atoms with Gasteiger partial charge < -0.3 is 0 Å². The molecule has 80 valence electrons. The minimum absolute atomic E-state index is 0.190. The third-order valence-electron chi connectivity index (χ3n) is 2.11. The smallest absolute Gasteiger partial charge is 0.126 e. The Labute approximate surface area is 93.6 Å². The summed E-state index contributed by atoms with van der Waals surface area (Å²) in [6, 6.07) is 0. The first kappa shape index (κ1) is 10.5. The number of hydrogen-bond donors (Lipinski definition) is 0. The fourth-order valence-electron chi connectivity index (χ4n) is 1.40. The van der Waals surface area contributed by atoms with Gasteiger partial charge in [0, 0.05) is 0 Å². The average Bonchev–Trinajstić information content (AvgIpc) is 2.14. The zero-order valence-electron chi connectivity index (χ0n) is 9.35. The van der Waals surface area contributed by atoms with E-state index in [0.29, 0.717) is 5.92 Å². The minimum atomic E-state index is -0.190. The van der Waals surface area contributed by atoms with Crippen molar-refractivity contribution in [1.82, 2.24) is 10.2 Å². The summed E-state index contributed by atoms with van der Waals surface area (Å²) in [5.74, 6) is 0.327. The van der Waals surface area contributed by atoms with E-state index in [1.54, 1.807) is 18.0 Å². The molecule has 5 heteroatoms. The van der Waals surface area contributed by atoms with Crippen molar-refractivity contribution in [2.75, 3.05) is 0 Å². The van der Waals surface area contributed by atoms with Crippen LogP contribution in [0.25, 0.3) is 0 Å². The molecular formula is C10H14N4S. The first-order valence-electron chi connectivity index (χ1n) is 4.97. The van der Waals surface area contributed by atoms with Crippen molar-refractivity contribution >= 4 is 17.4 Å². The molecule has 4 nitrogen and oxygen atoms in total. The van der Waals surface area contributed by atoms with Gasteiger partial charge in [-0.25, -0.2) is 0 Å². The maximum atomic E-state index is 4.27. The molecular weight excluding hydrogens is 208 g/mol. The highest BCUT2D eigenvalue weighted by molar-refractivity contribution is 8.00. The quantitative estimate of drug-likeness (QED) is 0.730. The van der Waals surface area contributed by atoms with Gasteiger partial charge in [0.25, 0.3) is 0 Å². The van der Waals surface area contributed by atoms with E-state index in [2.05, 4.69) is 34.3 Å². The van der Waals surface area contributed by atoms with E-state index in [-0.39, 0.29) is 4.87 Å². The van der Waals surface area contributed by atoms with Gasteiger partial charge in [0.05, 0.1) is 16.8 Å². The molecule has 0 aromatic carbocycles. The summed E-state index contributed by atoms with van der Waals surface area (Å²) in [4.78, 5) is 0.887. The molecule has 1 aliphatic rings. The number of hydrogen-bond acceptors (Lipinski definition) is 5. The molecule has 0 saturated carbocycles. The second-order valence-corrected chi connectivity index (χ2v) is 5.99. The first-order chi connectivity index (χ1) is 6.99. The summed E-state index contributed by atoms with van der Waals surface area (Å²) in [7, 11) is 0. The Morgan fingerprint density at radius 1 is 1.33 bits per heavy atom. The summed E-state index contributed by atoms with van der Waals surface area (Å²) >= 11 is 1.68. The second kappa shape index (κ2) is 3.56. The molecule has 2 heterocycles. The molecule has 1 aliphatic heterocycles. The van der Waals surface area contributed by atoms with Gasteiger partial charge in [-0.05, 0) is 19.8 Å². The summed E-state index contributed by atoms with van der Waals surface area (Å²) < 4.78 is 0. The van der Waals surface area contributed by atoms with Crippen molar-refractivity contribution in [2.24, 2.45) is 10.2 Å². The van der Waals surface area contributed by atoms with Gasteiger partial charge in [-0.15, -0.1) is 0 Å². The maximum Gasteiger partial charge on any atom is 0.126 e. The Bertz CT molecular complexity index is 412. The van der Waals surface area contributed by atoms with E-state index in [1.807, 2.05) is 13.8 Å². The van der Waals surface area contributed by atoms with Crippen molar-refractivity contribution in [3.05, 3.63) is 11.9 Å². The van der Waals surface area contributed by atoms with E-state index in [0.717, 1.165) is 16.3 Å². The fourth-order valence-corrected chi connectivity index (χ4v) is 2.36. The van der Waals surface area contributed by atoms with Crippen LogP contribution in [-0.4, -0.2) is 15.1 Å². The number of aromatic nitrogens is 2. The van der Waals surface area contributed by atoms with E-state index in [1.165, 1.54) is 0 Å². The first-order valence-corrected chi connectivity index (χ1v) is 5.79. The molecule has 0 unspecified atom stereocenters. The van der Waals surface area contributed by atoms with Gasteiger partial charge in [-0.1, -0.05) is 25.6 Å². The van der Waals surface area contributed by atoms with Crippen LogP contribution < -0.4 is 0 Å². The highest BCUT2D eigenvalue weighted by Gasteiger charge is 2.27. The Kier molecular flexibility index (Phi) is 2.50. The van der Waals surface area contributed by atoms with E-state index < -0.39 is 0 Å². The molecule has 2 rings (SSSR count). The normalized spacial score (nSPS) is 17.9. The predicted molar refractivity (Wildman–Crippen MR) is 60.6 cm³/mol. The van der Waals surface area contributed by atoms with E-state index in [9.17, 15) is 0 Å². The number of azo groups is 1. The van der Waals surface area contributed by atoms with E-state index >= 15 is 0 Å². The molecule has 0 atom stereocenters. The number of fused-ring (bicyclic) bond motifs is 1. The third-order valence-corrected chi connectivity index (χ3v) is 3.21. The van der Waals surface area contributed by atoms with Crippen LogP contribution in [-0.2, 0) is 0 Å². The van der Waals surface area contributed by atoms with Crippen molar-refractivity contribution in [1.29, 1.82) is 0 Å². The maximum absolute atomic E-state index is 4.27. The van der Waals surface area contributed by atoms with Crippen LogP contribution in [0.2, 0.25) is 0 Å². The van der Waals surface area contributed by atoms with Crippen molar-refractivity contribution < 1.29 is 0 Å². The summed E-state index contributed by atoms with van der Waals surface area (Å²) in [5.41, 5.74) is 1.82. The third kappa shape index (κ3) is 2.02. The highest BCUT2D eigenvalue weighted by atomic mass is 32.2. The van der Waals surface area contributed by atoms with Gasteiger partial charge in [0.15, 0.2) is 0 Å². The lowest BCUT2D eigenvalue weighted by atomic mass is 10.1. The van der Waals surface area contributed by atoms with Crippen LogP contribution in [0.15, 0.2) is 21.3 Å². The van der Waals surface area contributed by atoms with Crippen LogP contribution >= 0.6 is 11.8 Å². The lowest BCUT2D eigenvalue weighted by molar-refractivity contribution is 0.686. The van der Waals surface area contributed by atoms with Crippen LogP contribution in [0, 0.1) is 0 Å².